The fraction of sp³-hybridized carbons (Fsp3) is 0.200. The van der Waals surface area contributed by atoms with Crippen molar-refractivity contribution < 1.29 is 4.84 Å². The Hall–Kier alpha value is -1.62. The molecule has 0 aliphatic heterocycles. The van der Waals surface area contributed by atoms with Gasteiger partial charge in [0.25, 0.3) is 0 Å². The maximum atomic E-state index is 4.91. The molecule has 0 aromatic carbocycles. The van der Waals surface area contributed by atoms with Gasteiger partial charge in [0.05, 0.1) is 23.0 Å². The van der Waals surface area contributed by atoms with E-state index < -0.39 is 0 Å². The Morgan fingerprint density at radius 1 is 1.67 bits per heavy atom. The SMILES string of the molecule is CCON=Cc1cn[nH]c1-c1cccs1. The van der Waals surface area contributed by atoms with Gasteiger partial charge < -0.3 is 4.84 Å². The van der Waals surface area contributed by atoms with Gasteiger partial charge in [-0.25, -0.2) is 0 Å². The van der Waals surface area contributed by atoms with Crippen molar-refractivity contribution in [1.29, 1.82) is 0 Å². The minimum atomic E-state index is 0.572. The van der Waals surface area contributed by atoms with Crippen molar-refractivity contribution in [3.8, 4) is 10.6 Å². The monoisotopic (exact) mass is 221 g/mol. The first-order valence-electron chi connectivity index (χ1n) is 4.64. The van der Waals surface area contributed by atoms with E-state index in [1.54, 1.807) is 23.7 Å². The summed E-state index contributed by atoms with van der Waals surface area (Å²) in [5.74, 6) is 0. The van der Waals surface area contributed by atoms with Crippen LogP contribution >= 0.6 is 11.3 Å². The van der Waals surface area contributed by atoms with E-state index in [4.69, 9.17) is 4.84 Å². The lowest BCUT2D eigenvalue weighted by atomic mass is 10.2. The zero-order valence-electron chi connectivity index (χ0n) is 8.30. The molecule has 0 atom stereocenters. The topological polar surface area (TPSA) is 50.3 Å². The normalized spacial score (nSPS) is 11.0. The minimum absolute atomic E-state index is 0.572. The van der Waals surface area contributed by atoms with Crippen LogP contribution in [0.5, 0.6) is 0 Å². The standard InChI is InChI=1S/C10H11N3OS/c1-2-14-12-7-8-6-11-13-10(8)9-4-3-5-15-9/h3-7H,2H2,1H3,(H,11,13). The van der Waals surface area contributed by atoms with Crippen LogP contribution in [0.1, 0.15) is 12.5 Å². The van der Waals surface area contributed by atoms with Crippen LogP contribution in [0.15, 0.2) is 28.9 Å². The maximum Gasteiger partial charge on any atom is 0.114 e. The Kier molecular flexibility index (Phi) is 3.14. The Bertz CT molecular complexity index is 433. The molecule has 0 spiro atoms. The molecule has 2 aromatic rings. The minimum Gasteiger partial charge on any atom is -0.396 e. The molecule has 2 aromatic heterocycles. The number of oxime groups is 1. The van der Waals surface area contributed by atoms with Crippen LogP contribution in [0.4, 0.5) is 0 Å². The highest BCUT2D eigenvalue weighted by Crippen LogP contribution is 2.24. The number of nitrogens with zero attached hydrogens (tertiary/aromatic N) is 2. The lowest BCUT2D eigenvalue weighted by Crippen LogP contribution is -1.85. The van der Waals surface area contributed by atoms with Crippen molar-refractivity contribution in [2.45, 2.75) is 6.92 Å². The first-order valence-corrected chi connectivity index (χ1v) is 5.52. The summed E-state index contributed by atoms with van der Waals surface area (Å²) < 4.78 is 0. The smallest absolute Gasteiger partial charge is 0.114 e. The van der Waals surface area contributed by atoms with E-state index >= 15 is 0 Å². The van der Waals surface area contributed by atoms with Gasteiger partial charge in [-0.3, -0.25) is 5.10 Å². The number of rotatable bonds is 4. The summed E-state index contributed by atoms with van der Waals surface area (Å²) in [5.41, 5.74) is 1.92. The second-order valence-corrected chi connectivity index (χ2v) is 3.78. The zero-order chi connectivity index (χ0) is 10.5. The number of thiophene rings is 1. The van der Waals surface area contributed by atoms with Crippen LogP contribution in [-0.2, 0) is 4.84 Å². The number of hydrogen-bond donors (Lipinski definition) is 1. The van der Waals surface area contributed by atoms with E-state index in [9.17, 15) is 0 Å². The average molecular weight is 221 g/mol. The predicted octanol–water partition coefficient (Wildman–Crippen LogP) is 2.51. The van der Waals surface area contributed by atoms with Gasteiger partial charge in [0.15, 0.2) is 0 Å². The van der Waals surface area contributed by atoms with Crippen molar-refractivity contribution in [3.05, 3.63) is 29.3 Å². The molecule has 2 heterocycles. The van der Waals surface area contributed by atoms with Crippen LogP contribution in [-0.4, -0.2) is 23.0 Å². The van der Waals surface area contributed by atoms with Gasteiger partial charge >= 0.3 is 0 Å². The van der Waals surface area contributed by atoms with E-state index in [1.165, 1.54) is 0 Å². The molecule has 78 valence electrons. The van der Waals surface area contributed by atoms with E-state index in [1.807, 2.05) is 24.4 Å². The molecule has 5 heteroatoms. The first kappa shape index (κ1) is 9.92. The zero-order valence-corrected chi connectivity index (χ0v) is 9.12. The lowest BCUT2D eigenvalue weighted by molar-refractivity contribution is 0.160. The lowest BCUT2D eigenvalue weighted by Gasteiger charge is -1.94. The van der Waals surface area contributed by atoms with Crippen LogP contribution < -0.4 is 0 Å². The number of aromatic amines is 1. The van der Waals surface area contributed by atoms with Gasteiger partial charge in [-0.05, 0) is 18.4 Å². The van der Waals surface area contributed by atoms with E-state index in [-0.39, 0.29) is 0 Å². The molecular formula is C10H11N3OS. The molecule has 0 saturated carbocycles. The van der Waals surface area contributed by atoms with Crippen LogP contribution in [0.2, 0.25) is 0 Å². The van der Waals surface area contributed by atoms with E-state index in [0.29, 0.717) is 6.61 Å². The fourth-order valence-electron chi connectivity index (χ4n) is 1.18. The summed E-state index contributed by atoms with van der Waals surface area (Å²) in [6.45, 7) is 2.47. The average Bonchev–Trinajstić information content (AvgIpc) is 2.87. The van der Waals surface area contributed by atoms with Gasteiger partial charge in [-0.2, -0.15) is 5.10 Å². The molecule has 0 aliphatic rings. The molecule has 0 fully saturated rings. The summed E-state index contributed by atoms with van der Waals surface area (Å²) in [4.78, 5) is 6.05. The number of hydrogen-bond acceptors (Lipinski definition) is 4. The van der Waals surface area contributed by atoms with Crippen molar-refractivity contribution in [2.24, 2.45) is 5.16 Å². The maximum absolute atomic E-state index is 4.91. The summed E-state index contributed by atoms with van der Waals surface area (Å²) >= 11 is 1.66. The largest absolute Gasteiger partial charge is 0.396 e. The molecule has 0 amide bonds. The molecular weight excluding hydrogens is 210 g/mol. The predicted molar refractivity (Wildman–Crippen MR) is 61.1 cm³/mol. The van der Waals surface area contributed by atoms with Gasteiger partial charge in [0, 0.05) is 5.56 Å². The van der Waals surface area contributed by atoms with Crippen molar-refractivity contribution >= 4 is 17.6 Å². The number of H-pyrrole nitrogens is 1. The third-order valence-corrected chi connectivity index (χ3v) is 2.72. The van der Waals surface area contributed by atoms with Crippen molar-refractivity contribution in [3.63, 3.8) is 0 Å². The summed E-state index contributed by atoms with van der Waals surface area (Å²) in [6.07, 6.45) is 3.40. The second-order valence-electron chi connectivity index (χ2n) is 2.83. The van der Waals surface area contributed by atoms with Crippen LogP contribution in [0.25, 0.3) is 10.6 Å². The third kappa shape index (κ3) is 2.24. The Balaban J connectivity index is 2.23. The number of nitrogens with one attached hydrogen (secondary N) is 1. The molecule has 0 radical (unpaired) electrons. The molecule has 1 N–H and O–H groups in total. The van der Waals surface area contributed by atoms with Crippen LogP contribution in [0, 0.1) is 0 Å². The third-order valence-electron chi connectivity index (χ3n) is 1.83. The van der Waals surface area contributed by atoms with E-state index in [0.717, 1.165) is 16.1 Å². The molecule has 2 rings (SSSR count). The molecule has 15 heavy (non-hydrogen) atoms. The second kappa shape index (κ2) is 4.75. The van der Waals surface area contributed by atoms with Crippen molar-refractivity contribution in [2.75, 3.05) is 6.61 Å². The summed E-state index contributed by atoms with van der Waals surface area (Å²) in [5, 5.41) is 12.8. The van der Waals surface area contributed by atoms with Gasteiger partial charge in [0.1, 0.15) is 6.61 Å². The molecule has 0 saturated heterocycles. The Morgan fingerprint density at radius 2 is 2.60 bits per heavy atom. The van der Waals surface area contributed by atoms with Crippen molar-refractivity contribution in [1.82, 2.24) is 10.2 Å². The highest BCUT2D eigenvalue weighted by molar-refractivity contribution is 7.13. The van der Waals surface area contributed by atoms with Crippen LogP contribution in [0.3, 0.4) is 0 Å². The molecule has 0 unspecified atom stereocenters. The number of aromatic nitrogens is 2. The fourth-order valence-corrected chi connectivity index (χ4v) is 1.92. The molecule has 4 nitrogen and oxygen atoms in total. The molecule has 0 bridgehead atoms. The van der Waals surface area contributed by atoms with E-state index in [2.05, 4.69) is 15.4 Å². The van der Waals surface area contributed by atoms with Gasteiger partial charge in [0.2, 0.25) is 0 Å². The first-order chi connectivity index (χ1) is 7.42. The summed E-state index contributed by atoms with van der Waals surface area (Å²) in [7, 11) is 0. The highest BCUT2D eigenvalue weighted by atomic mass is 32.1. The highest BCUT2D eigenvalue weighted by Gasteiger charge is 2.06. The summed E-state index contributed by atoms with van der Waals surface area (Å²) in [6, 6.07) is 4.04. The molecule has 0 aliphatic carbocycles. The Labute approximate surface area is 91.6 Å². The quantitative estimate of drug-likeness (QED) is 0.637. The Morgan fingerprint density at radius 3 is 3.33 bits per heavy atom. The van der Waals surface area contributed by atoms with Gasteiger partial charge in [-0.1, -0.05) is 11.2 Å². The van der Waals surface area contributed by atoms with Gasteiger partial charge in [-0.15, -0.1) is 11.3 Å².